The van der Waals surface area contributed by atoms with Gasteiger partial charge in [-0.1, -0.05) is 36.9 Å². The van der Waals surface area contributed by atoms with Gasteiger partial charge < -0.3 is 14.2 Å². The van der Waals surface area contributed by atoms with Gasteiger partial charge in [-0.2, -0.15) is 0 Å². The van der Waals surface area contributed by atoms with Crippen molar-refractivity contribution in [1.82, 2.24) is 0 Å². The lowest BCUT2D eigenvalue weighted by atomic mass is 9.95. The number of rotatable bonds is 6. The van der Waals surface area contributed by atoms with Crippen LogP contribution < -0.4 is 9.47 Å². The molecule has 124 valence electrons. The first kappa shape index (κ1) is 17.4. The van der Waals surface area contributed by atoms with E-state index >= 15 is 0 Å². The van der Waals surface area contributed by atoms with Crippen LogP contribution in [0.5, 0.6) is 11.5 Å². The van der Waals surface area contributed by atoms with E-state index in [0.717, 1.165) is 5.56 Å². The standard InChI is InChI=1S/C20H20O4/c1-5-17(15-9-7-6-8-10-15)20(24-14(2)21)18-13-16(22-3)11-12-19(18)23-4/h6-13,20H,1H2,2-4H3. The monoisotopic (exact) mass is 324 g/mol. The number of carbonyl (C=O) groups is 1. The van der Waals surface area contributed by atoms with E-state index in [9.17, 15) is 4.79 Å². The van der Waals surface area contributed by atoms with Gasteiger partial charge >= 0.3 is 5.97 Å². The Kier molecular flexibility index (Phi) is 5.83. The van der Waals surface area contributed by atoms with Gasteiger partial charge in [0.2, 0.25) is 0 Å². The molecular formula is C20H20O4. The molecule has 0 aromatic heterocycles. The minimum Gasteiger partial charge on any atom is -0.497 e. The zero-order valence-electron chi connectivity index (χ0n) is 14.0. The van der Waals surface area contributed by atoms with Crippen LogP contribution in [-0.2, 0) is 9.53 Å². The van der Waals surface area contributed by atoms with Crippen molar-refractivity contribution < 1.29 is 19.0 Å². The van der Waals surface area contributed by atoms with Crippen molar-refractivity contribution in [2.75, 3.05) is 14.2 Å². The van der Waals surface area contributed by atoms with Gasteiger partial charge in [0.1, 0.15) is 11.5 Å². The molecule has 4 nitrogen and oxygen atoms in total. The first-order valence-corrected chi connectivity index (χ1v) is 7.45. The predicted octanol–water partition coefficient (Wildman–Crippen LogP) is 4.18. The summed E-state index contributed by atoms with van der Waals surface area (Å²) in [6.07, 6.45) is -0.701. The van der Waals surface area contributed by atoms with Crippen LogP contribution in [0, 0.1) is 0 Å². The second kappa shape index (κ2) is 8.04. The third-order valence-electron chi connectivity index (χ3n) is 3.54. The molecule has 1 atom stereocenters. The quantitative estimate of drug-likeness (QED) is 0.591. The summed E-state index contributed by atoms with van der Waals surface area (Å²) < 4.78 is 16.3. The highest BCUT2D eigenvalue weighted by Gasteiger charge is 2.25. The van der Waals surface area contributed by atoms with Crippen molar-refractivity contribution >= 4 is 11.5 Å². The molecule has 2 rings (SSSR count). The Hall–Kier alpha value is -2.97. The van der Waals surface area contributed by atoms with Crippen molar-refractivity contribution in [3.05, 3.63) is 72.0 Å². The molecule has 24 heavy (non-hydrogen) atoms. The highest BCUT2D eigenvalue weighted by Crippen LogP contribution is 2.39. The third-order valence-corrected chi connectivity index (χ3v) is 3.54. The molecule has 0 fully saturated rings. The average Bonchev–Trinajstić information content (AvgIpc) is 2.61. The lowest BCUT2D eigenvalue weighted by molar-refractivity contribution is -0.144. The molecule has 0 amide bonds. The largest absolute Gasteiger partial charge is 0.497 e. The molecule has 0 spiro atoms. The van der Waals surface area contributed by atoms with Crippen LogP contribution in [0.3, 0.4) is 0 Å². The van der Waals surface area contributed by atoms with Crippen molar-refractivity contribution in [2.45, 2.75) is 13.0 Å². The van der Waals surface area contributed by atoms with Gasteiger partial charge in [0.15, 0.2) is 6.10 Å². The van der Waals surface area contributed by atoms with Crippen molar-refractivity contribution in [2.24, 2.45) is 0 Å². The summed E-state index contributed by atoms with van der Waals surface area (Å²) in [5.74, 6) is 0.818. The molecular weight excluding hydrogens is 304 g/mol. The Morgan fingerprint density at radius 1 is 1.08 bits per heavy atom. The van der Waals surface area contributed by atoms with Gasteiger partial charge in [-0.05, 0) is 23.8 Å². The van der Waals surface area contributed by atoms with E-state index in [1.807, 2.05) is 30.3 Å². The van der Waals surface area contributed by atoms with Crippen LogP contribution in [0.4, 0.5) is 0 Å². The molecule has 0 bridgehead atoms. The fourth-order valence-corrected chi connectivity index (χ4v) is 2.45. The number of benzene rings is 2. The van der Waals surface area contributed by atoms with Crippen LogP contribution >= 0.6 is 0 Å². The normalized spacial score (nSPS) is 11.1. The number of methoxy groups -OCH3 is 2. The van der Waals surface area contributed by atoms with Crippen molar-refractivity contribution in [3.8, 4) is 11.5 Å². The summed E-state index contributed by atoms with van der Waals surface area (Å²) in [7, 11) is 3.14. The highest BCUT2D eigenvalue weighted by atomic mass is 16.5. The third kappa shape index (κ3) is 3.86. The van der Waals surface area contributed by atoms with Gasteiger partial charge in [0.05, 0.1) is 14.2 Å². The van der Waals surface area contributed by atoms with Gasteiger partial charge in [-0.25, -0.2) is 0 Å². The summed E-state index contributed by atoms with van der Waals surface area (Å²) in [5, 5.41) is 0. The fraction of sp³-hybridized carbons (Fsp3) is 0.200. The smallest absolute Gasteiger partial charge is 0.303 e. The molecule has 0 saturated heterocycles. The van der Waals surface area contributed by atoms with Crippen LogP contribution in [0.1, 0.15) is 24.2 Å². The van der Waals surface area contributed by atoms with E-state index in [2.05, 4.69) is 12.3 Å². The summed E-state index contributed by atoms with van der Waals surface area (Å²) in [6, 6.07) is 14.9. The Labute approximate surface area is 142 Å². The molecule has 1 unspecified atom stereocenters. The molecule has 0 radical (unpaired) electrons. The maximum absolute atomic E-state index is 11.7. The lowest BCUT2D eigenvalue weighted by Crippen LogP contribution is -2.12. The van der Waals surface area contributed by atoms with Crippen molar-refractivity contribution in [1.29, 1.82) is 0 Å². The second-order valence-corrected chi connectivity index (χ2v) is 5.05. The molecule has 0 aliphatic rings. The SMILES string of the molecule is C=C=C(c1ccccc1)C(OC(C)=O)c1cc(OC)ccc1OC. The van der Waals surface area contributed by atoms with E-state index in [0.29, 0.717) is 22.6 Å². The number of hydrogen-bond donors (Lipinski definition) is 0. The first-order chi connectivity index (χ1) is 11.6. The van der Waals surface area contributed by atoms with E-state index in [4.69, 9.17) is 14.2 Å². The van der Waals surface area contributed by atoms with E-state index < -0.39 is 12.1 Å². The topological polar surface area (TPSA) is 44.8 Å². The molecule has 0 N–H and O–H groups in total. The maximum atomic E-state index is 11.7. The van der Waals surface area contributed by atoms with Crippen molar-refractivity contribution in [3.63, 3.8) is 0 Å². The van der Waals surface area contributed by atoms with Gasteiger partial charge in [0.25, 0.3) is 0 Å². The lowest BCUT2D eigenvalue weighted by Gasteiger charge is -2.22. The van der Waals surface area contributed by atoms with Gasteiger partial charge in [-0.3, -0.25) is 4.79 Å². The Bertz CT molecular complexity index is 758. The summed E-state index contributed by atoms with van der Waals surface area (Å²) in [5.41, 5.74) is 5.09. The Balaban J connectivity index is 2.61. The van der Waals surface area contributed by atoms with E-state index in [-0.39, 0.29) is 0 Å². The van der Waals surface area contributed by atoms with Gasteiger partial charge in [-0.15, -0.1) is 5.73 Å². The van der Waals surface area contributed by atoms with E-state index in [1.165, 1.54) is 6.92 Å². The zero-order chi connectivity index (χ0) is 17.5. The Morgan fingerprint density at radius 2 is 1.79 bits per heavy atom. The molecule has 2 aromatic carbocycles. The maximum Gasteiger partial charge on any atom is 0.303 e. The number of ether oxygens (including phenoxy) is 3. The molecule has 0 aliphatic carbocycles. The summed E-state index contributed by atoms with van der Waals surface area (Å²) >= 11 is 0. The molecule has 0 heterocycles. The van der Waals surface area contributed by atoms with Crippen LogP contribution in [-0.4, -0.2) is 20.2 Å². The number of carbonyl (C=O) groups excluding carboxylic acids is 1. The molecule has 2 aromatic rings. The fourth-order valence-electron chi connectivity index (χ4n) is 2.45. The van der Waals surface area contributed by atoms with Crippen LogP contribution in [0.2, 0.25) is 0 Å². The Morgan fingerprint density at radius 3 is 2.33 bits per heavy atom. The van der Waals surface area contributed by atoms with Crippen LogP contribution in [0.25, 0.3) is 5.57 Å². The average molecular weight is 324 g/mol. The number of esters is 1. The molecule has 0 aliphatic heterocycles. The second-order valence-electron chi connectivity index (χ2n) is 5.05. The zero-order valence-corrected chi connectivity index (χ0v) is 14.0. The predicted molar refractivity (Wildman–Crippen MR) is 93.0 cm³/mol. The molecule has 4 heteroatoms. The minimum atomic E-state index is -0.701. The molecule has 0 saturated carbocycles. The van der Waals surface area contributed by atoms with Gasteiger partial charge in [0, 0.05) is 18.1 Å². The minimum absolute atomic E-state index is 0.409. The summed E-state index contributed by atoms with van der Waals surface area (Å²) in [4.78, 5) is 11.7. The van der Waals surface area contributed by atoms with E-state index in [1.54, 1.807) is 32.4 Å². The highest BCUT2D eigenvalue weighted by molar-refractivity contribution is 5.75. The summed E-state index contributed by atoms with van der Waals surface area (Å²) in [6.45, 7) is 5.13. The first-order valence-electron chi connectivity index (χ1n) is 7.45. The number of hydrogen-bond acceptors (Lipinski definition) is 4. The van der Waals surface area contributed by atoms with Crippen LogP contribution in [0.15, 0.2) is 60.8 Å².